The summed E-state index contributed by atoms with van der Waals surface area (Å²) in [6.07, 6.45) is 1.82. The number of hydrogen-bond acceptors (Lipinski definition) is 2. The largest absolute Gasteiger partial charge is 0.384 e. The number of nitrogens with two attached hydrogens (primary N) is 1. The minimum Gasteiger partial charge on any atom is -0.384 e. The Hall–Kier alpha value is -1.05. The zero-order valence-corrected chi connectivity index (χ0v) is 10.3. The monoisotopic (exact) mass is 196 g/mol. The lowest BCUT2D eigenvalue weighted by molar-refractivity contribution is 0.859. The summed E-state index contributed by atoms with van der Waals surface area (Å²) in [5, 5.41) is 0. The van der Waals surface area contributed by atoms with Gasteiger partial charge in [-0.1, -0.05) is 47.6 Å². The Balaban J connectivity index is 0. The van der Waals surface area contributed by atoms with Crippen LogP contribution in [0, 0.1) is 0 Å². The first-order valence-corrected chi connectivity index (χ1v) is 5.41. The van der Waals surface area contributed by atoms with Gasteiger partial charge in [-0.2, -0.15) is 0 Å². The highest BCUT2D eigenvalue weighted by Gasteiger charge is 1.96. The molecule has 2 nitrogen and oxygen atoms in total. The molecule has 0 radical (unpaired) electrons. The first-order valence-electron chi connectivity index (χ1n) is 5.41. The summed E-state index contributed by atoms with van der Waals surface area (Å²) in [5.74, 6) is 1.12. The molecule has 1 aromatic rings. The van der Waals surface area contributed by atoms with Gasteiger partial charge in [-0.05, 0) is 17.5 Å². The van der Waals surface area contributed by atoms with Gasteiger partial charge in [-0.25, -0.2) is 4.98 Å². The van der Waals surface area contributed by atoms with E-state index in [1.807, 2.05) is 46.0 Å². The summed E-state index contributed by atoms with van der Waals surface area (Å²) in [5.41, 5.74) is 6.65. The Labute approximate surface area is 88.6 Å². The molecule has 0 amide bonds. The third-order valence-corrected chi connectivity index (χ3v) is 1.48. The molecule has 0 saturated carbocycles. The Morgan fingerprint density at radius 1 is 1.07 bits per heavy atom. The van der Waals surface area contributed by atoms with E-state index in [0.29, 0.717) is 11.7 Å². The summed E-state index contributed by atoms with van der Waals surface area (Å²) in [6, 6.07) is 3.84. The Bertz CT molecular complexity index is 202. The second-order valence-corrected chi connectivity index (χ2v) is 2.67. The van der Waals surface area contributed by atoms with Crippen LogP contribution in [0.5, 0.6) is 0 Å². The standard InChI is InChI=1S/C8H12N2.2C2H6/c1-6(2)7-3-4-8(9)10-5-7;2*1-2/h3-6H,1-2H3,(H2,9,10);2*1-2H3. The second kappa shape index (κ2) is 10.0. The van der Waals surface area contributed by atoms with Crippen molar-refractivity contribution >= 4 is 5.82 Å². The molecule has 0 aliphatic rings. The van der Waals surface area contributed by atoms with Crippen LogP contribution in [0.25, 0.3) is 0 Å². The van der Waals surface area contributed by atoms with Crippen molar-refractivity contribution in [1.82, 2.24) is 4.98 Å². The number of rotatable bonds is 1. The van der Waals surface area contributed by atoms with Gasteiger partial charge < -0.3 is 5.73 Å². The van der Waals surface area contributed by atoms with Crippen LogP contribution >= 0.6 is 0 Å². The molecule has 0 bridgehead atoms. The first kappa shape index (κ1) is 15.4. The third kappa shape index (κ3) is 6.46. The van der Waals surface area contributed by atoms with Gasteiger partial charge in [-0.3, -0.25) is 0 Å². The summed E-state index contributed by atoms with van der Waals surface area (Å²) < 4.78 is 0. The quantitative estimate of drug-likeness (QED) is 0.741. The molecule has 0 aliphatic carbocycles. The van der Waals surface area contributed by atoms with Gasteiger partial charge in [0.15, 0.2) is 0 Å². The number of pyridine rings is 1. The molecule has 0 fully saturated rings. The van der Waals surface area contributed by atoms with Gasteiger partial charge in [0, 0.05) is 6.20 Å². The Morgan fingerprint density at radius 2 is 1.57 bits per heavy atom. The highest BCUT2D eigenvalue weighted by molar-refractivity contribution is 5.30. The average molecular weight is 196 g/mol. The van der Waals surface area contributed by atoms with Crippen molar-refractivity contribution in [2.45, 2.75) is 47.5 Å². The van der Waals surface area contributed by atoms with Crippen LogP contribution in [-0.4, -0.2) is 4.98 Å². The molecule has 2 heteroatoms. The highest BCUT2D eigenvalue weighted by atomic mass is 14.8. The number of aromatic nitrogens is 1. The summed E-state index contributed by atoms with van der Waals surface area (Å²) in [7, 11) is 0. The molecule has 0 spiro atoms. The number of anilines is 1. The van der Waals surface area contributed by atoms with Crippen molar-refractivity contribution in [1.29, 1.82) is 0 Å². The van der Waals surface area contributed by atoms with Crippen molar-refractivity contribution in [3.05, 3.63) is 23.9 Å². The maximum atomic E-state index is 5.42. The van der Waals surface area contributed by atoms with Crippen LogP contribution < -0.4 is 5.73 Å². The van der Waals surface area contributed by atoms with Crippen molar-refractivity contribution in [2.24, 2.45) is 0 Å². The van der Waals surface area contributed by atoms with Gasteiger partial charge in [0.05, 0.1) is 0 Å². The minimum absolute atomic E-state index is 0.535. The van der Waals surface area contributed by atoms with E-state index in [-0.39, 0.29) is 0 Å². The molecule has 1 rings (SSSR count). The third-order valence-electron chi connectivity index (χ3n) is 1.48. The van der Waals surface area contributed by atoms with E-state index < -0.39 is 0 Å². The van der Waals surface area contributed by atoms with E-state index >= 15 is 0 Å². The Morgan fingerprint density at radius 3 is 1.86 bits per heavy atom. The normalized spacial score (nSPS) is 8.21. The fraction of sp³-hybridized carbons (Fsp3) is 0.583. The van der Waals surface area contributed by atoms with Gasteiger partial charge in [0.2, 0.25) is 0 Å². The van der Waals surface area contributed by atoms with Crippen LogP contribution in [0.4, 0.5) is 5.82 Å². The molecular weight excluding hydrogens is 172 g/mol. The summed E-state index contributed by atoms with van der Waals surface area (Å²) in [6.45, 7) is 12.3. The van der Waals surface area contributed by atoms with Gasteiger partial charge >= 0.3 is 0 Å². The zero-order valence-electron chi connectivity index (χ0n) is 10.3. The predicted molar refractivity (Wildman–Crippen MR) is 65.4 cm³/mol. The molecular formula is C12H24N2. The topological polar surface area (TPSA) is 38.9 Å². The molecule has 0 unspecified atom stereocenters. The van der Waals surface area contributed by atoms with Crippen molar-refractivity contribution in [3.8, 4) is 0 Å². The van der Waals surface area contributed by atoms with Crippen molar-refractivity contribution in [2.75, 3.05) is 5.73 Å². The fourth-order valence-electron chi connectivity index (χ4n) is 0.758. The van der Waals surface area contributed by atoms with Gasteiger partial charge in [-0.15, -0.1) is 0 Å². The molecule has 82 valence electrons. The molecule has 0 aliphatic heterocycles. The van der Waals surface area contributed by atoms with E-state index in [2.05, 4.69) is 18.8 Å². The molecule has 2 N–H and O–H groups in total. The number of nitrogens with zero attached hydrogens (tertiary/aromatic N) is 1. The van der Waals surface area contributed by atoms with Gasteiger partial charge in [0.1, 0.15) is 5.82 Å². The molecule has 14 heavy (non-hydrogen) atoms. The van der Waals surface area contributed by atoms with E-state index in [4.69, 9.17) is 5.73 Å². The molecule has 0 aromatic carbocycles. The molecule has 1 heterocycles. The maximum Gasteiger partial charge on any atom is 0.123 e. The lowest BCUT2D eigenvalue weighted by Gasteiger charge is -2.02. The summed E-state index contributed by atoms with van der Waals surface area (Å²) in [4.78, 5) is 3.98. The SMILES string of the molecule is CC.CC.CC(C)c1ccc(N)nc1. The van der Waals surface area contributed by atoms with E-state index in [0.717, 1.165) is 0 Å². The Kier molecular flexibility index (Phi) is 11.1. The lowest BCUT2D eigenvalue weighted by Crippen LogP contribution is -1.92. The van der Waals surface area contributed by atoms with Crippen LogP contribution in [0.15, 0.2) is 18.3 Å². The summed E-state index contributed by atoms with van der Waals surface area (Å²) >= 11 is 0. The van der Waals surface area contributed by atoms with Crippen molar-refractivity contribution < 1.29 is 0 Å². The smallest absolute Gasteiger partial charge is 0.123 e. The second-order valence-electron chi connectivity index (χ2n) is 2.67. The first-order chi connectivity index (χ1) is 6.70. The van der Waals surface area contributed by atoms with E-state index in [1.54, 1.807) is 0 Å². The number of nitrogen functional groups attached to an aromatic ring is 1. The predicted octanol–water partition coefficient (Wildman–Crippen LogP) is 3.84. The van der Waals surface area contributed by atoms with E-state index in [9.17, 15) is 0 Å². The highest BCUT2D eigenvalue weighted by Crippen LogP contribution is 2.12. The minimum atomic E-state index is 0.535. The van der Waals surface area contributed by atoms with E-state index in [1.165, 1.54) is 5.56 Å². The lowest BCUT2D eigenvalue weighted by atomic mass is 10.1. The molecule has 1 aromatic heterocycles. The molecule has 0 atom stereocenters. The van der Waals surface area contributed by atoms with Gasteiger partial charge in [0.25, 0.3) is 0 Å². The molecule has 0 saturated heterocycles. The zero-order chi connectivity index (χ0) is 11.6. The maximum absolute atomic E-state index is 5.42. The fourth-order valence-corrected chi connectivity index (χ4v) is 0.758. The average Bonchev–Trinajstić information content (AvgIpc) is 2.24. The van der Waals surface area contributed by atoms with Crippen LogP contribution in [-0.2, 0) is 0 Å². The van der Waals surface area contributed by atoms with Crippen LogP contribution in [0.2, 0.25) is 0 Å². The van der Waals surface area contributed by atoms with Crippen LogP contribution in [0.1, 0.15) is 53.0 Å². The van der Waals surface area contributed by atoms with Crippen molar-refractivity contribution in [3.63, 3.8) is 0 Å². The van der Waals surface area contributed by atoms with Crippen LogP contribution in [0.3, 0.4) is 0 Å². The number of hydrogen-bond donors (Lipinski definition) is 1.